The van der Waals surface area contributed by atoms with Gasteiger partial charge >= 0.3 is 6.09 Å². The third-order valence-corrected chi connectivity index (χ3v) is 5.14. The quantitative estimate of drug-likeness (QED) is 0.834. The lowest BCUT2D eigenvalue weighted by atomic mass is 10.1. The summed E-state index contributed by atoms with van der Waals surface area (Å²) in [5.41, 5.74) is -0.435. The van der Waals surface area contributed by atoms with Gasteiger partial charge in [-0.25, -0.2) is 4.79 Å². The Bertz CT molecular complexity index is 499. The Labute approximate surface area is 145 Å². The molecule has 0 bridgehead atoms. The van der Waals surface area contributed by atoms with Crippen molar-refractivity contribution in [3.63, 3.8) is 0 Å². The van der Waals surface area contributed by atoms with Crippen LogP contribution in [0.3, 0.4) is 0 Å². The predicted octanol–water partition coefficient (Wildman–Crippen LogP) is 4.39. The lowest BCUT2D eigenvalue weighted by Crippen LogP contribution is -2.44. The number of carbonyl (C=O) groups excluding carboxylic acids is 1. The second-order valence-corrected chi connectivity index (χ2v) is 9.25. The molecule has 0 aliphatic carbocycles. The molecule has 2 heterocycles. The number of hydrogen-bond donors (Lipinski definition) is 1. The molecular weight excluding hydrogens is 364 g/mol. The number of ether oxygens (including phenoxy) is 1. The van der Waals surface area contributed by atoms with Crippen molar-refractivity contribution in [3.8, 4) is 0 Å². The molecule has 22 heavy (non-hydrogen) atoms. The Morgan fingerprint density at radius 2 is 2.23 bits per heavy atom. The normalized spacial score (nSPS) is 19.8. The second kappa shape index (κ2) is 7.79. The Hall–Kier alpha value is -0.590. The fraction of sp³-hybridized carbons (Fsp3) is 0.688. The van der Waals surface area contributed by atoms with Gasteiger partial charge in [0.1, 0.15) is 5.60 Å². The fourth-order valence-electron chi connectivity index (χ4n) is 2.49. The lowest BCUT2D eigenvalue weighted by Gasteiger charge is -2.28. The molecule has 1 aliphatic heterocycles. The monoisotopic (exact) mass is 388 g/mol. The van der Waals surface area contributed by atoms with E-state index >= 15 is 0 Å². The third-order valence-electron chi connectivity index (χ3n) is 3.52. The van der Waals surface area contributed by atoms with Crippen molar-refractivity contribution in [1.29, 1.82) is 0 Å². The number of nitrogens with one attached hydrogen (secondary N) is 1. The summed E-state index contributed by atoms with van der Waals surface area (Å²) >= 11 is 5.23. The zero-order chi connectivity index (χ0) is 16.2. The molecule has 2 rings (SSSR count). The molecule has 1 amide bonds. The molecular formula is C16H25BrN2O2S. The van der Waals surface area contributed by atoms with Crippen LogP contribution in [-0.2, 0) is 11.3 Å². The Balaban J connectivity index is 1.87. The van der Waals surface area contributed by atoms with Crippen molar-refractivity contribution in [2.75, 3.05) is 13.1 Å². The minimum absolute atomic E-state index is 0.194. The molecule has 1 aromatic rings. The van der Waals surface area contributed by atoms with Gasteiger partial charge < -0.3 is 15.0 Å². The van der Waals surface area contributed by atoms with Crippen LogP contribution in [0.2, 0.25) is 0 Å². The molecule has 6 heteroatoms. The average molecular weight is 389 g/mol. The first-order valence-corrected chi connectivity index (χ1v) is 9.40. The van der Waals surface area contributed by atoms with Gasteiger partial charge in [0.2, 0.25) is 0 Å². The van der Waals surface area contributed by atoms with E-state index in [9.17, 15) is 4.79 Å². The lowest BCUT2D eigenvalue weighted by molar-refractivity contribution is 0.0243. The second-order valence-electron chi connectivity index (χ2n) is 6.71. The van der Waals surface area contributed by atoms with Crippen molar-refractivity contribution in [3.05, 3.63) is 20.8 Å². The zero-order valence-corrected chi connectivity index (χ0v) is 15.9. The summed E-state index contributed by atoms with van der Waals surface area (Å²) in [6, 6.07) is 4.53. The van der Waals surface area contributed by atoms with Crippen LogP contribution in [0.25, 0.3) is 0 Å². The van der Waals surface area contributed by atoms with Crippen LogP contribution in [0.4, 0.5) is 4.79 Å². The maximum Gasteiger partial charge on any atom is 0.410 e. The van der Waals surface area contributed by atoms with E-state index in [4.69, 9.17) is 4.74 Å². The van der Waals surface area contributed by atoms with Crippen LogP contribution in [-0.4, -0.2) is 35.7 Å². The minimum Gasteiger partial charge on any atom is -0.444 e. The number of nitrogens with zero attached hydrogens (tertiary/aromatic N) is 1. The Morgan fingerprint density at radius 3 is 2.86 bits per heavy atom. The Kier molecular flexibility index (Phi) is 6.29. The standard InChI is InChI=1S/C16H25BrN2O2S/c1-16(2,3)21-15(20)19-9-5-4-6-12(11-19)18-10-13-7-8-14(17)22-13/h7-8,12,18H,4-6,9-11H2,1-3H3. The molecule has 124 valence electrons. The van der Waals surface area contributed by atoms with E-state index in [0.717, 1.165) is 42.7 Å². The maximum absolute atomic E-state index is 12.3. The number of carbonyl (C=O) groups is 1. The molecule has 1 aliphatic rings. The van der Waals surface area contributed by atoms with Crippen LogP contribution < -0.4 is 5.32 Å². The molecule has 0 saturated carbocycles. The first-order chi connectivity index (χ1) is 10.3. The van der Waals surface area contributed by atoms with Gasteiger partial charge in [0.25, 0.3) is 0 Å². The molecule has 1 aromatic heterocycles. The highest BCUT2D eigenvalue weighted by atomic mass is 79.9. The average Bonchev–Trinajstić information content (AvgIpc) is 2.69. The molecule has 0 aromatic carbocycles. The van der Waals surface area contributed by atoms with Crippen molar-refractivity contribution in [2.24, 2.45) is 0 Å². The van der Waals surface area contributed by atoms with E-state index in [0.29, 0.717) is 6.04 Å². The van der Waals surface area contributed by atoms with Gasteiger partial charge in [0.05, 0.1) is 3.79 Å². The summed E-state index contributed by atoms with van der Waals surface area (Å²) in [5, 5.41) is 3.58. The van der Waals surface area contributed by atoms with Gasteiger partial charge in [-0.1, -0.05) is 6.42 Å². The van der Waals surface area contributed by atoms with Gasteiger partial charge in [0, 0.05) is 30.6 Å². The van der Waals surface area contributed by atoms with Gasteiger partial charge in [0.15, 0.2) is 0 Å². The topological polar surface area (TPSA) is 41.6 Å². The Morgan fingerprint density at radius 1 is 1.45 bits per heavy atom. The van der Waals surface area contributed by atoms with Crippen molar-refractivity contribution in [2.45, 2.75) is 58.2 Å². The first kappa shape index (κ1) is 17.8. The number of likely N-dealkylation sites (tertiary alicyclic amines) is 1. The third kappa shape index (κ3) is 5.89. The molecule has 1 N–H and O–H groups in total. The van der Waals surface area contributed by atoms with Gasteiger partial charge in [-0.2, -0.15) is 0 Å². The molecule has 1 fully saturated rings. The van der Waals surface area contributed by atoms with Gasteiger partial charge in [-0.3, -0.25) is 0 Å². The molecule has 0 radical (unpaired) electrons. The summed E-state index contributed by atoms with van der Waals surface area (Å²) in [7, 11) is 0. The van der Waals surface area contributed by atoms with Crippen LogP contribution in [0.5, 0.6) is 0 Å². The SMILES string of the molecule is CC(C)(C)OC(=O)N1CCCCC(NCc2ccc(Br)s2)C1. The van der Waals surface area contributed by atoms with Crippen molar-refractivity contribution in [1.82, 2.24) is 10.2 Å². The largest absolute Gasteiger partial charge is 0.444 e. The highest BCUT2D eigenvalue weighted by Crippen LogP contribution is 2.22. The predicted molar refractivity (Wildman–Crippen MR) is 94.3 cm³/mol. The highest BCUT2D eigenvalue weighted by Gasteiger charge is 2.26. The van der Waals surface area contributed by atoms with E-state index in [-0.39, 0.29) is 6.09 Å². The van der Waals surface area contributed by atoms with E-state index in [1.807, 2.05) is 25.7 Å². The summed E-state index contributed by atoms with van der Waals surface area (Å²) in [6.07, 6.45) is 3.10. The van der Waals surface area contributed by atoms with E-state index < -0.39 is 5.60 Å². The minimum atomic E-state index is -0.435. The summed E-state index contributed by atoms with van der Waals surface area (Å²) in [4.78, 5) is 15.4. The van der Waals surface area contributed by atoms with Crippen molar-refractivity contribution >= 4 is 33.4 Å². The van der Waals surface area contributed by atoms with E-state index in [1.54, 1.807) is 11.3 Å². The van der Waals surface area contributed by atoms with Gasteiger partial charge in [-0.05, 0) is 61.7 Å². The number of amides is 1. The summed E-state index contributed by atoms with van der Waals surface area (Å²) in [6.45, 7) is 8.09. The fourth-order valence-corrected chi connectivity index (χ4v) is 3.93. The van der Waals surface area contributed by atoms with Gasteiger partial charge in [-0.15, -0.1) is 11.3 Å². The number of thiophene rings is 1. The van der Waals surface area contributed by atoms with Crippen LogP contribution in [0.15, 0.2) is 15.9 Å². The molecule has 1 saturated heterocycles. The van der Waals surface area contributed by atoms with Crippen LogP contribution in [0.1, 0.15) is 44.9 Å². The number of hydrogen-bond acceptors (Lipinski definition) is 4. The molecule has 0 spiro atoms. The van der Waals surface area contributed by atoms with Crippen LogP contribution in [0, 0.1) is 0 Å². The smallest absolute Gasteiger partial charge is 0.410 e. The van der Waals surface area contributed by atoms with E-state index in [1.165, 1.54) is 4.88 Å². The molecule has 1 atom stereocenters. The van der Waals surface area contributed by atoms with E-state index in [2.05, 4.69) is 33.4 Å². The first-order valence-electron chi connectivity index (χ1n) is 7.79. The summed E-state index contributed by atoms with van der Waals surface area (Å²) in [5.74, 6) is 0. The van der Waals surface area contributed by atoms with Crippen LogP contribution >= 0.6 is 27.3 Å². The van der Waals surface area contributed by atoms with Crippen molar-refractivity contribution < 1.29 is 9.53 Å². The molecule has 4 nitrogen and oxygen atoms in total. The number of rotatable bonds is 3. The maximum atomic E-state index is 12.3. The summed E-state index contributed by atoms with van der Waals surface area (Å²) < 4.78 is 6.66. The highest BCUT2D eigenvalue weighted by molar-refractivity contribution is 9.11. The molecule has 1 unspecified atom stereocenters. The zero-order valence-electron chi connectivity index (χ0n) is 13.5. The number of halogens is 1.